The summed E-state index contributed by atoms with van der Waals surface area (Å²) in [7, 11) is 0. The number of aromatic nitrogens is 1. The van der Waals surface area contributed by atoms with Gasteiger partial charge < -0.3 is 15.0 Å². The van der Waals surface area contributed by atoms with E-state index in [1.54, 1.807) is 11.3 Å². The molecule has 1 aliphatic heterocycles. The van der Waals surface area contributed by atoms with E-state index in [1.807, 2.05) is 11.1 Å². The average Bonchev–Trinajstić information content (AvgIpc) is 3.07. The third kappa shape index (κ3) is 4.44. The van der Waals surface area contributed by atoms with Gasteiger partial charge in [0.25, 0.3) is 0 Å². The van der Waals surface area contributed by atoms with Gasteiger partial charge in [0.2, 0.25) is 0 Å². The van der Waals surface area contributed by atoms with Crippen molar-refractivity contribution < 1.29 is 9.53 Å². The molecule has 1 saturated heterocycles. The Morgan fingerprint density at radius 2 is 2.26 bits per heavy atom. The van der Waals surface area contributed by atoms with Gasteiger partial charge in [0.1, 0.15) is 5.01 Å². The first kappa shape index (κ1) is 16.7. The topological polar surface area (TPSA) is 54.5 Å². The summed E-state index contributed by atoms with van der Waals surface area (Å²) in [5.41, 5.74) is 0. The molecule has 1 saturated carbocycles. The van der Waals surface area contributed by atoms with E-state index < -0.39 is 0 Å². The van der Waals surface area contributed by atoms with Crippen molar-refractivity contribution in [3.63, 3.8) is 0 Å². The minimum absolute atomic E-state index is 0.0328. The number of nitrogens with one attached hydrogen (secondary N) is 1. The fourth-order valence-corrected chi connectivity index (χ4v) is 3.85. The molecule has 1 aromatic rings. The van der Waals surface area contributed by atoms with Gasteiger partial charge in [-0.15, -0.1) is 11.3 Å². The van der Waals surface area contributed by atoms with Crippen molar-refractivity contribution in [1.29, 1.82) is 0 Å². The zero-order chi connectivity index (χ0) is 16.4. The maximum atomic E-state index is 12.6. The average molecular weight is 337 g/mol. The Kier molecular flexibility index (Phi) is 5.21. The molecular formula is C17H27N3O2S. The molecule has 5 nitrogen and oxygen atoms in total. The molecule has 0 aromatic carbocycles. The predicted octanol–water partition coefficient (Wildman–Crippen LogP) is 3.36. The normalized spacial score (nSPS) is 22.6. The van der Waals surface area contributed by atoms with Crippen LogP contribution in [-0.2, 0) is 4.74 Å². The molecule has 0 bridgehead atoms. The Bertz CT molecular complexity index is 542. The first-order valence-corrected chi connectivity index (χ1v) is 9.44. The summed E-state index contributed by atoms with van der Waals surface area (Å²) in [6.07, 6.45) is 5.38. The number of likely N-dealkylation sites (tertiary alicyclic amines) is 1. The van der Waals surface area contributed by atoms with E-state index in [0.29, 0.717) is 18.4 Å². The Hall–Kier alpha value is -1.14. The summed E-state index contributed by atoms with van der Waals surface area (Å²) in [5, 5.41) is 4.26. The van der Waals surface area contributed by atoms with Gasteiger partial charge in [-0.2, -0.15) is 0 Å². The molecule has 0 radical (unpaired) electrons. The molecule has 6 heteroatoms. The van der Waals surface area contributed by atoms with Gasteiger partial charge in [-0.1, -0.05) is 13.8 Å². The maximum absolute atomic E-state index is 12.6. The van der Waals surface area contributed by atoms with E-state index in [-0.39, 0.29) is 18.2 Å². The lowest BCUT2D eigenvalue weighted by atomic mass is 10.2. The van der Waals surface area contributed by atoms with Gasteiger partial charge in [0.15, 0.2) is 0 Å². The summed E-state index contributed by atoms with van der Waals surface area (Å²) in [6, 6.07) is 0.113. The summed E-state index contributed by atoms with van der Waals surface area (Å²) >= 11 is 1.69. The van der Waals surface area contributed by atoms with Crippen LogP contribution < -0.4 is 5.32 Å². The Morgan fingerprint density at radius 3 is 2.87 bits per heavy atom. The maximum Gasteiger partial charge on any atom is 0.318 e. The van der Waals surface area contributed by atoms with Crippen LogP contribution in [0, 0.1) is 18.8 Å². The first-order valence-electron chi connectivity index (χ1n) is 8.62. The molecule has 0 spiro atoms. The lowest BCUT2D eigenvalue weighted by Gasteiger charge is -2.22. The summed E-state index contributed by atoms with van der Waals surface area (Å²) in [4.78, 5) is 20.2. The summed E-state index contributed by atoms with van der Waals surface area (Å²) < 4.78 is 5.87. The first-order chi connectivity index (χ1) is 11.0. The van der Waals surface area contributed by atoms with Crippen LogP contribution in [0.3, 0.4) is 0 Å². The van der Waals surface area contributed by atoms with Crippen LogP contribution in [0.1, 0.15) is 49.0 Å². The number of amides is 2. The number of thiazole rings is 1. The molecule has 2 fully saturated rings. The van der Waals surface area contributed by atoms with Crippen LogP contribution in [0.25, 0.3) is 0 Å². The Balaban J connectivity index is 1.54. The highest BCUT2D eigenvalue weighted by Crippen LogP contribution is 2.42. The fraction of sp³-hybridized carbons (Fsp3) is 0.765. The van der Waals surface area contributed by atoms with Crippen molar-refractivity contribution in [1.82, 2.24) is 15.2 Å². The molecule has 128 valence electrons. The third-order valence-electron chi connectivity index (χ3n) is 4.38. The number of nitrogens with zero attached hydrogens (tertiary/aromatic N) is 2. The highest BCUT2D eigenvalue weighted by molar-refractivity contribution is 7.11. The van der Waals surface area contributed by atoms with Gasteiger partial charge in [-0.25, -0.2) is 9.78 Å². The van der Waals surface area contributed by atoms with Crippen LogP contribution in [0.2, 0.25) is 0 Å². The fourth-order valence-electron chi connectivity index (χ4n) is 2.93. The van der Waals surface area contributed by atoms with Crippen molar-refractivity contribution in [2.24, 2.45) is 11.8 Å². The quantitative estimate of drug-likeness (QED) is 0.866. The van der Waals surface area contributed by atoms with Gasteiger partial charge in [0.05, 0.1) is 12.1 Å². The van der Waals surface area contributed by atoms with Crippen LogP contribution in [0.4, 0.5) is 4.79 Å². The van der Waals surface area contributed by atoms with Crippen molar-refractivity contribution in [2.45, 2.75) is 52.2 Å². The second-order valence-electron chi connectivity index (χ2n) is 7.16. The van der Waals surface area contributed by atoms with Gasteiger partial charge >= 0.3 is 6.03 Å². The second kappa shape index (κ2) is 7.18. The standard InChI is InChI=1S/C17H27N3O2S/c1-11(2)10-22-14-6-7-20(9-14)17(21)19-15(13-4-5-13)16-18-8-12(3)23-16/h8,11,13-15H,4-7,9-10H2,1-3H3,(H,19,21)/t14-,15-/m0/s1. The molecule has 2 aliphatic rings. The number of rotatable bonds is 6. The molecule has 0 unspecified atom stereocenters. The molecule has 2 heterocycles. The van der Waals surface area contributed by atoms with Crippen molar-refractivity contribution >= 4 is 17.4 Å². The number of ether oxygens (including phenoxy) is 1. The number of carbonyl (C=O) groups is 1. The van der Waals surface area contributed by atoms with E-state index in [2.05, 4.69) is 31.1 Å². The van der Waals surface area contributed by atoms with Crippen LogP contribution in [-0.4, -0.2) is 41.7 Å². The zero-order valence-electron chi connectivity index (χ0n) is 14.2. The molecule has 3 rings (SSSR count). The largest absolute Gasteiger partial charge is 0.376 e. The number of carbonyl (C=O) groups excluding carboxylic acids is 1. The van der Waals surface area contributed by atoms with Crippen LogP contribution in [0.5, 0.6) is 0 Å². The molecule has 2 atom stereocenters. The SMILES string of the molecule is Cc1cnc([C@@H](NC(=O)N2CC[C@H](OCC(C)C)C2)C2CC2)s1. The monoisotopic (exact) mass is 337 g/mol. The van der Waals surface area contributed by atoms with Crippen molar-refractivity contribution in [2.75, 3.05) is 19.7 Å². The van der Waals surface area contributed by atoms with Crippen LogP contribution >= 0.6 is 11.3 Å². The lowest BCUT2D eigenvalue weighted by molar-refractivity contribution is 0.0435. The smallest absolute Gasteiger partial charge is 0.318 e. The Morgan fingerprint density at radius 1 is 1.48 bits per heavy atom. The number of hydrogen-bond donors (Lipinski definition) is 1. The van der Waals surface area contributed by atoms with Gasteiger partial charge in [-0.3, -0.25) is 0 Å². The predicted molar refractivity (Wildman–Crippen MR) is 91.6 cm³/mol. The van der Waals surface area contributed by atoms with Gasteiger partial charge in [-0.05, 0) is 38.0 Å². The van der Waals surface area contributed by atoms with Crippen LogP contribution in [0.15, 0.2) is 6.20 Å². The van der Waals surface area contributed by atoms with Gasteiger partial charge in [0, 0.05) is 30.8 Å². The molecule has 2 amide bonds. The minimum Gasteiger partial charge on any atom is -0.376 e. The highest BCUT2D eigenvalue weighted by Gasteiger charge is 2.37. The van der Waals surface area contributed by atoms with Crippen molar-refractivity contribution in [3.8, 4) is 0 Å². The number of aryl methyl sites for hydroxylation is 1. The van der Waals surface area contributed by atoms with E-state index in [1.165, 1.54) is 17.7 Å². The minimum atomic E-state index is 0.0328. The summed E-state index contributed by atoms with van der Waals surface area (Å²) in [5.74, 6) is 1.09. The number of hydrogen-bond acceptors (Lipinski definition) is 4. The molecule has 1 aliphatic carbocycles. The summed E-state index contributed by atoms with van der Waals surface area (Å²) in [6.45, 7) is 8.61. The third-order valence-corrected chi connectivity index (χ3v) is 5.37. The van der Waals surface area contributed by atoms with E-state index in [4.69, 9.17) is 4.74 Å². The number of urea groups is 1. The molecular weight excluding hydrogens is 310 g/mol. The van der Waals surface area contributed by atoms with E-state index in [0.717, 1.165) is 24.6 Å². The molecule has 1 aromatic heterocycles. The van der Waals surface area contributed by atoms with E-state index >= 15 is 0 Å². The zero-order valence-corrected chi connectivity index (χ0v) is 15.1. The molecule has 23 heavy (non-hydrogen) atoms. The highest BCUT2D eigenvalue weighted by atomic mass is 32.1. The van der Waals surface area contributed by atoms with Crippen molar-refractivity contribution in [3.05, 3.63) is 16.1 Å². The second-order valence-corrected chi connectivity index (χ2v) is 8.42. The Labute approximate surface area is 142 Å². The molecule has 1 N–H and O–H groups in total. The van der Waals surface area contributed by atoms with E-state index in [9.17, 15) is 4.79 Å². The lowest BCUT2D eigenvalue weighted by Crippen LogP contribution is -2.41.